The van der Waals surface area contributed by atoms with Crippen molar-refractivity contribution in [3.05, 3.63) is 11.6 Å². The fourth-order valence-corrected chi connectivity index (χ4v) is 7.66. The van der Waals surface area contributed by atoms with Gasteiger partial charge in [0.05, 0.1) is 5.71 Å². The Morgan fingerprint density at radius 2 is 1.96 bits per heavy atom. The average molecular weight is 408 g/mol. The number of hydrogen-bond acceptors (Lipinski definition) is 5. The molecule has 0 heterocycles. The Bertz CT molecular complexity index is 786. The summed E-state index contributed by atoms with van der Waals surface area (Å²) in [7, 11) is -4.84. The number of allylic oxidation sites excluding steroid dienone is 1. The minimum atomic E-state index is -4.84. The van der Waals surface area contributed by atoms with Gasteiger partial charge in [0.2, 0.25) is 0 Å². The predicted molar refractivity (Wildman–Crippen MR) is 104 cm³/mol. The first kappa shape index (κ1) is 20.3. The Hall–Kier alpha value is -0.970. The number of carbonyl (C=O) groups is 1. The maximum Gasteiger partial charge on any atom is 0.340 e. The Morgan fingerprint density at radius 3 is 2.68 bits per heavy atom. The van der Waals surface area contributed by atoms with Crippen LogP contribution in [-0.2, 0) is 14.0 Å². The number of carbonyl (C=O) groups excluding carboxylic acids is 1. The standard InChI is InChI=1S/C21H32NO5P/c1-13(22-27-28(24,25)26)17-6-7-18-16-5-4-14-12-15(23)8-10-20(14,2)19(16)9-11-21(17,18)3/h12,16-19H,4-11H2,1-3H3,(H2,24,25,26)/p-1/b22-13+/t16-,17+,18-,19-,20-,21+/m0/s1. The summed E-state index contributed by atoms with van der Waals surface area (Å²) in [4.78, 5) is 31.7. The fraction of sp³-hybridized carbons (Fsp3) is 0.810. The molecule has 28 heavy (non-hydrogen) atoms. The van der Waals surface area contributed by atoms with Gasteiger partial charge in [-0.2, -0.15) is 0 Å². The highest BCUT2D eigenvalue weighted by Gasteiger charge is 2.59. The lowest BCUT2D eigenvalue weighted by Gasteiger charge is -2.58. The van der Waals surface area contributed by atoms with Crippen LogP contribution in [0.15, 0.2) is 16.8 Å². The second-order valence-electron chi connectivity index (χ2n) is 9.93. The van der Waals surface area contributed by atoms with E-state index in [0.717, 1.165) is 44.9 Å². The van der Waals surface area contributed by atoms with Crippen LogP contribution in [0, 0.1) is 34.5 Å². The minimum absolute atomic E-state index is 0.0858. The zero-order valence-corrected chi connectivity index (χ0v) is 17.9. The normalized spacial score (nSPS) is 45.4. The summed E-state index contributed by atoms with van der Waals surface area (Å²) in [5.41, 5.74) is 2.29. The molecule has 7 atom stereocenters. The van der Waals surface area contributed by atoms with Gasteiger partial charge in [-0.15, -0.1) is 0 Å². The maximum absolute atomic E-state index is 11.9. The molecule has 0 radical (unpaired) electrons. The molecule has 4 rings (SSSR count). The van der Waals surface area contributed by atoms with Crippen molar-refractivity contribution in [3.8, 4) is 0 Å². The molecule has 0 aliphatic heterocycles. The molecule has 3 saturated carbocycles. The summed E-state index contributed by atoms with van der Waals surface area (Å²) in [6.07, 6.45) is 10.1. The third kappa shape index (κ3) is 3.22. The summed E-state index contributed by atoms with van der Waals surface area (Å²) in [6, 6.07) is 0. The first-order valence-corrected chi connectivity index (χ1v) is 12.0. The van der Waals surface area contributed by atoms with Crippen molar-refractivity contribution in [2.45, 2.75) is 72.1 Å². The third-order valence-electron chi connectivity index (χ3n) is 8.75. The number of rotatable bonds is 3. The van der Waals surface area contributed by atoms with E-state index in [4.69, 9.17) is 4.89 Å². The van der Waals surface area contributed by atoms with Crippen LogP contribution in [0.4, 0.5) is 0 Å². The van der Waals surface area contributed by atoms with Crippen molar-refractivity contribution >= 4 is 19.3 Å². The van der Waals surface area contributed by atoms with Gasteiger partial charge in [0.1, 0.15) is 0 Å². The molecule has 4 aliphatic carbocycles. The van der Waals surface area contributed by atoms with Gasteiger partial charge in [-0.1, -0.05) is 24.6 Å². The molecule has 6 nitrogen and oxygen atoms in total. The number of fused-ring (bicyclic) bond motifs is 5. The smallest absolute Gasteiger partial charge is 0.340 e. The van der Waals surface area contributed by atoms with Crippen LogP contribution in [0.5, 0.6) is 0 Å². The monoisotopic (exact) mass is 408 g/mol. The van der Waals surface area contributed by atoms with Crippen LogP contribution in [0.25, 0.3) is 0 Å². The molecule has 156 valence electrons. The van der Waals surface area contributed by atoms with E-state index in [0.29, 0.717) is 35.7 Å². The van der Waals surface area contributed by atoms with E-state index in [-0.39, 0.29) is 16.7 Å². The van der Waals surface area contributed by atoms with Gasteiger partial charge in [0.15, 0.2) is 5.78 Å². The molecule has 0 bridgehead atoms. The first-order chi connectivity index (χ1) is 13.0. The Kier molecular flexibility index (Phi) is 4.92. The number of ketones is 1. The van der Waals surface area contributed by atoms with Crippen molar-refractivity contribution in [2.75, 3.05) is 0 Å². The van der Waals surface area contributed by atoms with Gasteiger partial charge in [-0.05, 0) is 86.5 Å². The van der Waals surface area contributed by atoms with Crippen molar-refractivity contribution in [2.24, 2.45) is 39.7 Å². The summed E-state index contributed by atoms with van der Waals surface area (Å²) in [5.74, 6) is 2.34. The van der Waals surface area contributed by atoms with Gasteiger partial charge >= 0.3 is 7.82 Å². The second-order valence-corrected chi connectivity index (χ2v) is 11.0. The molecule has 0 amide bonds. The average Bonchev–Trinajstić information content (AvgIpc) is 2.97. The third-order valence-corrected chi connectivity index (χ3v) is 9.04. The maximum atomic E-state index is 11.9. The van der Waals surface area contributed by atoms with Crippen LogP contribution in [0.2, 0.25) is 0 Å². The summed E-state index contributed by atoms with van der Waals surface area (Å²) in [5, 5.41) is 3.75. The summed E-state index contributed by atoms with van der Waals surface area (Å²) in [6.45, 7) is 6.53. The Labute approximate surface area is 167 Å². The highest BCUT2D eigenvalue weighted by molar-refractivity contribution is 7.44. The molecule has 0 aromatic rings. The second kappa shape index (κ2) is 6.78. The molecule has 0 aromatic heterocycles. The summed E-state index contributed by atoms with van der Waals surface area (Å²) >= 11 is 0. The zero-order valence-electron chi connectivity index (χ0n) is 17.0. The van der Waals surface area contributed by atoms with E-state index in [2.05, 4.69) is 23.6 Å². The van der Waals surface area contributed by atoms with E-state index in [1.165, 1.54) is 5.57 Å². The highest BCUT2D eigenvalue weighted by Crippen LogP contribution is 2.66. The van der Waals surface area contributed by atoms with Crippen LogP contribution < -0.4 is 4.89 Å². The predicted octanol–water partition coefficient (Wildman–Crippen LogP) is 3.99. The van der Waals surface area contributed by atoms with Crippen LogP contribution in [-0.4, -0.2) is 16.4 Å². The Balaban J connectivity index is 1.58. The molecule has 1 unspecified atom stereocenters. The number of hydrogen-bond donors (Lipinski definition) is 1. The van der Waals surface area contributed by atoms with Crippen LogP contribution >= 0.6 is 7.82 Å². The molecule has 0 saturated heterocycles. The zero-order chi connectivity index (χ0) is 20.3. The van der Waals surface area contributed by atoms with Gasteiger partial charge in [-0.25, -0.2) is 0 Å². The van der Waals surface area contributed by atoms with E-state index in [1.807, 2.05) is 13.0 Å². The molecule has 7 heteroatoms. The SMILES string of the molecule is C/C(=N\OP(=O)([O-])O)[C@H]1CC[C@H]2[C@@H]3CCC4=CC(=O)CC[C@]4(C)[C@H]3CC[C@]12C. The lowest BCUT2D eigenvalue weighted by molar-refractivity contribution is -0.220. The van der Waals surface area contributed by atoms with Crippen molar-refractivity contribution in [1.82, 2.24) is 0 Å². The summed E-state index contributed by atoms with van der Waals surface area (Å²) < 4.78 is 15.3. The number of phosphoric acid groups is 1. The van der Waals surface area contributed by atoms with Crippen molar-refractivity contribution < 1.29 is 23.8 Å². The van der Waals surface area contributed by atoms with Gasteiger partial charge in [0.25, 0.3) is 0 Å². The van der Waals surface area contributed by atoms with Crippen LogP contribution in [0.1, 0.15) is 72.1 Å². The van der Waals surface area contributed by atoms with Crippen molar-refractivity contribution in [1.29, 1.82) is 0 Å². The minimum Gasteiger partial charge on any atom is -0.745 e. The molecular formula is C21H31NO5P-. The molecule has 1 N–H and O–H groups in total. The van der Waals surface area contributed by atoms with E-state index in [9.17, 15) is 14.3 Å². The van der Waals surface area contributed by atoms with E-state index >= 15 is 0 Å². The number of oxime groups is 1. The topological polar surface area (TPSA) is 99.0 Å². The van der Waals surface area contributed by atoms with Gasteiger partial charge < -0.3 is 14.4 Å². The largest absolute Gasteiger partial charge is 0.745 e. The van der Waals surface area contributed by atoms with Crippen LogP contribution in [0.3, 0.4) is 0 Å². The van der Waals surface area contributed by atoms with E-state index in [1.54, 1.807) is 0 Å². The van der Waals surface area contributed by atoms with E-state index < -0.39 is 7.82 Å². The fourth-order valence-electron chi connectivity index (χ4n) is 7.43. The van der Waals surface area contributed by atoms with Gasteiger partial charge in [-0.3, -0.25) is 9.36 Å². The molecule has 0 aromatic carbocycles. The molecule has 0 spiro atoms. The lowest BCUT2D eigenvalue weighted by atomic mass is 9.46. The number of nitrogens with zero attached hydrogens (tertiary/aromatic N) is 1. The first-order valence-electron chi connectivity index (χ1n) is 10.6. The quantitative estimate of drug-likeness (QED) is 0.432. The molecule has 4 aliphatic rings. The van der Waals surface area contributed by atoms with Crippen molar-refractivity contribution in [3.63, 3.8) is 0 Å². The molecule has 3 fully saturated rings. The van der Waals surface area contributed by atoms with Gasteiger partial charge in [0, 0.05) is 12.3 Å². The molecular weight excluding hydrogens is 377 g/mol. The Morgan fingerprint density at radius 1 is 1.21 bits per heavy atom. The highest BCUT2D eigenvalue weighted by atomic mass is 31.2. The lowest BCUT2D eigenvalue weighted by Crippen LogP contribution is -2.51.